The van der Waals surface area contributed by atoms with Crippen molar-refractivity contribution in [2.45, 2.75) is 18.4 Å². The average molecular weight is 559 g/mol. The van der Waals surface area contributed by atoms with Crippen molar-refractivity contribution in [3.63, 3.8) is 0 Å². The van der Waals surface area contributed by atoms with E-state index in [1.54, 1.807) is 30.3 Å². The van der Waals surface area contributed by atoms with E-state index in [0.717, 1.165) is 49.9 Å². The fourth-order valence-corrected chi connectivity index (χ4v) is 4.10. The minimum atomic E-state index is -3.43. The number of nitrogens with one attached hydrogen (secondary N) is 2. The second-order valence-electron chi connectivity index (χ2n) is 6.98. The van der Waals surface area contributed by atoms with Gasteiger partial charge in [0.15, 0.2) is 5.96 Å². The first-order chi connectivity index (χ1) is 14.4. The van der Waals surface area contributed by atoms with Crippen molar-refractivity contribution in [2.75, 3.05) is 44.7 Å². The number of phenolic OH excluding ortho intramolecular Hbond substituents is 1. The summed E-state index contributed by atoms with van der Waals surface area (Å²) in [6.45, 7) is 6.42. The molecule has 0 spiro atoms. The van der Waals surface area contributed by atoms with Crippen LogP contribution in [0.5, 0.6) is 5.75 Å². The van der Waals surface area contributed by atoms with Gasteiger partial charge in [-0.05, 0) is 43.8 Å². The maximum absolute atomic E-state index is 11.8. The highest BCUT2D eigenvalue weighted by atomic mass is 127. The smallest absolute Gasteiger partial charge is 0.240 e. The van der Waals surface area contributed by atoms with Crippen molar-refractivity contribution in [1.82, 2.24) is 14.9 Å². The molecule has 0 aliphatic carbocycles. The average Bonchev–Trinajstić information content (AvgIpc) is 2.77. The molecule has 1 aliphatic heterocycles. The summed E-state index contributed by atoms with van der Waals surface area (Å²) in [5, 5.41) is 13.4. The summed E-state index contributed by atoms with van der Waals surface area (Å²) in [6.07, 6.45) is 0. The van der Waals surface area contributed by atoms with Gasteiger partial charge in [0, 0.05) is 32.7 Å². The van der Waals surface area contributed by atoms with Crippen LogP contribution in [0.2, 0.25) is 0 Å². The number of hydrogen-bond donors (Lipinski definition) is 3. The molecular formula is C21H30IN5O3S. The van der Waals surface area contributed by atoms with Crippen molar-refractivity contribution >= 4 is 45.6 Å². The van der Waals surface area contributed by atoms with Gasteiger partial charge in [0.25, 0.3) is 0 Å². The zero-order chi connectivity index (χ0) is 21.6. The van der Waals surface area contributed by atoms with Gasteiger partial charge in [-0.3, -0.25) is 0 Å². The van der Waals surface area contributed by atoms with Gasteiger partial charge in [-0.1, -0.05) is 24.3 Å². The number of benzene rings is 2. The minimum Gasteiger partial charge on any atom is -0.506 e. The van der Waals surface area contributed by atoms with E-state index in [1.807, 2.05) is 25.1 Å². The third-order valence-electron chi connectivity index (χ3n) is 5.05. The van der Waals surface area contributed by atoms with Gasteiger partial charge in [0.05, 0.1) is 17.1 Å². The highest BCUT2D eigenvalue weighted by molar-refractivity contribution is 14.0. The minimum absolute atomic E-state index is 0. The summed E-state index contributed by atoms with van der Waals surface area (Å²) in [7, 11) is -2.03. The highest BCUT2D eigenvalue weighted by Crippen LogP contribution is 2.27. The van der Waals surface area contributed by atoms with Crippen LogP contribution in [0.1, 0.15) is 12.5 Å². The Morgan fingerprint density at radius 2 is 1.71 bits per heavy atom. The number of nitrogens with zero attached hydrogens (tertiary/aromatic N) is 3. The molecule has 0 aromatic heterocycles. The van der Waals surface area contributed by atoms with Crippen LogP contribution in [0.4, 0.5) is 5.69 Å². The second-order valence-corrected chi connectivity index (χ2v) is 8.87. The Kier molecular flexibility index (Phi) is 9.38. The maximum Gasteiger partial charge on any atom is 0.240 e. The van der Waals surface area contributed by atoms with E-state index in [2.05, 4.69) is 19.8 Å². The molecule has 8 nitrogen and oxygen atoms in total. The number of halogens is 1. The van der Waals surface area contributed by atoms with Crippen LogP contribution < -0.4 is 14.9 Å². The maximum atomic E-state index is 11.8. The molecular weight excluding hydrogens is 529 g/mol. The predicted octanol–water partition coefficient (Wildman–Crippen LogP) is 2.21. The third kappa shape index (κ3) is 6.47. The molecule has 170 valence electrons. The predicted molar refractivity (Wildman–Crippen MR) is 135 cm³/mol. The highest BCUT2D eigenvalue weighted by Gasteiger charge is 2.21. The number of piperazine rings is 1. The molecule has 1 heterocycles. The Balaban J connectivity index is 0.00000341. The molecule has 1 fully saturated rings. The zero-order valence-corrected chi connectivity index (χ0v) is 20.9. The molecule has 0 atom stereocenters. The van der Waals surface area contributed by atoms with Gasteiger partial charge < -0.3 is 20.2 Å². The summed E-state index contributed by atoms with van der Waals surface area (Å²) in [5.74, 6) is 1.14. The van der Waals surface area contributed by atoms with Crippen LogP contribution in [0, 0.1) is 0 Å². The summed E-state index contributed by atoms with van der Waals surface area (Å²) in [5.41, 5.74) is 1.80. The number of aromatic hydroxyl groups is 1. The summed E-state index contributed by atoms with van der Waals surface area (Å²) in [4.78, 5) is 9.36. The number of anilines is 1. The largest absolute Gasteiger partial charge is 0.506 e. The summed E-state index contributed by atoms with van der Waals surface area (Å²) < 4.78 is 26.0. The number of para-hydroxylation sites is 2. The van der Waals surface area contributed by atoms with Crippen LogP contribution in [0.3, 0.4) is 0 Å². The number of phenols is 1. The molecule has 0 radical (unpaired) electrons. The second kappa shape index (κ2) is 11.5. The van der Waals surface area contributed by atoms with Gasteiger partial charge in [-0.15, -0.1) is 24.0 Å². The molecule has 10 heteroatoms. The van der Waals surface area contributed by atoms with Crippen LogP contribution in [0.25, 0.3) is 0 Å². The molecule has 3 N–H and O–H groups in total. The number of hydrogen-bond acceptors (Lipinski definition) is 5. The number of rotatable bonds is 6. The Morgan fingerprint density at radius 3 is 2.29 bits per heavy atom. The van der Waals surface area contributed by atoms with Gasteiger partial charge in [0.2, 0.25) is 10.0 Å². The van der Waals surface area contributed by atoms with Crippen LogP contribution in [-0.2, 0) is 16.6 Å². The van der Waals surface area contributed by atoms with Gasteiger partial charge >= 0.3 is 0 Å². The van der Waals surface area contributed by atoms with Crippen LogP contribution in [-0.4, -0.2) is 64.2 Å². The molecule has 1 aliphatic rings. The molecule has 0 unspecified atom stereocenters. The lowest BCUT2D eigenvalue weighted by atomic mass is 10.2. The lowest BCUT2D eigenvalue weighted by molar-refractivity contribution is 0.369. The Bertz CT molecular complexity index is 975. The first-order valence-corrected chi connectivity index (χ1v) is 11.5. The van der Waals surface area contributed by atoms with Crippen molar-refractivity contribution in [3.05, 3.63) is 54.1 Å². The lowest BCUT2D eigenvalue weighted by Crippen LogP contribution is -2.52. The van der Waals surface area contributed by atoms with Gasteiger partial charge in [0.1, 0.15) is 5.75 Å². The third-order valence-corrected chi connectivity index (χ3v) is 6.48. The zero-order valence-electron chi connectivity index (χ0n) is 17.8. The van der Waals surface area contributed by atoms with E-state index < -0.39 is 10.0 Å². The quantitative estimate of drug-likeness (QED) is 0.286. The van der Waals surface area contributed by atoms with Crippen LogP contribution in [0.15, 0.2) is 58.4 Å². The first kappa shape index (κ1) is 25.2. The number of guanidine groups is 1. The molecule has 31 heavy (non-hydrogen) atoms. The van der Waals surface area contributed by atoms with E-state index in [-0.39, 0.29) is 28.9 Å². The van der Waals surface area contributed by atoms with Crippen LogP contribution >= 0.6 is 24.0 Å². The van der Waals surface area contributed by atoms with Gasteiger partial charge in [-0.2, -0.15) is 0 Å². The lowest BCUT2D eigenvalue weighted by Gasteiger charge is -2.37. The Morgan fingerprint density at radius 1 is 1.06 bits per heavy atom. The van der Waals surface area contributed by atoms with Gasteiger partial charge in [-0.25, -0.2) is 18.1 Å². The van der Waals surface area contributed by atoms with Crippen molar-refractivity contribution in [1.29, 1.82) is 0 Å². The Labute approximate surface area is 201 Å². The monoisotopic (exact) mass is 559 g/mol. The molecule has 0 saturated carbocycles. The molecule has 3 rings (SSSR count). The molecule has 2 aromatic rings. The summed E-state index contributed by atoms with van der Waals surface area (Å²) >= 11 is 0. The first-order valence-electron chi connectivity index (χ1n) is 10.0. The molecule has 1 saturated heterocycles. The van der Waals surface area contributed by atoms with Crippen molar-refractivity contribution < 1.29 is 13.5 Å². The topological polar surface area (TPSA) is 97.3 Å². The summed E-state index contributed by atoms with van der Waals surface area (Å²) in [6, 6.07) is 14.2. The number of sulfonamides is 1. The standard InChI is InChI=1S/C21H29N5O3S.HI/c1-3-23-21(24-16-17-8-10-18(11-9-17)30(28,29)22-2)26-14-12-25(13-15-26)19-6-4-5-7-20(19)27;/h4-11,22,27H,3,12-16H2,1-2H3,(H,23,24);1H. The molecule has 0 bridgehead atoms. The van der Waals surface area contributed by atoms with Crippen molar-refractivity contribution in [2.24, 2.45) is 4.99 Å². The van der Waals surface area contributed by atoms with Crippen molar-refractivity contribution in [3.8, 4) is 5.75 Å². The van der Waals surface area contributed by atoms with E-state index >= 15 is 0 Å². The van der Waals surface area contributed by atoms with E-state index in [1.165, 1.54) is 7.05 Å². The fourth-order valence-electron chi connectivity index (χ4n) is 3.37. The van der Waals surface area contributed by atoms with E-state index in [9.17, 15) is 13.5 Å². The fraction of sp³-hybridized carbons (Fsp3) is 0.381. The van der Waals surface area contributed by atoms with E-state index in [0.29, 0.717) is 12.3 Å². The molecule has 2 aromatic carbocycles. The van der Waals surface area contributed by atoms with E-state index in [4.69, 9.17) is 4.99 Å². The SMILES string of the molecule is CCNC(=NCc1ccc(S(=O)(=O)NC)cc1)N1CCN(c2ccccc2O)CC1.I. The normalized spacial score (nSPS) is 14.8. The molecule has 0 amide bonds. The number of aliphatic imine (C=N–C) groups is 1. The Hall–Kier alpha value is -2.05.